The van der Waals surface area contributed by atoms with Crippen LogP contribution in [-0.2, 0) is 12.0 Å². The first kappa shape index (κ1) is 19.1. The van der Waals surface area contributed by atoms with Crippen LogP contribution in [0.2, 0.25) is 5.02 Å². The first-order valence-electron chi connectivity index (χ1n) is 9.61. The zero-order chi connectivity index (χ0) is 19.9. The van der Waals surface area contributed by atoms with Gasteiger partial charge in [0.25, 0.3) is 0 Å². The van der Waals surface area contributed by atoms with Crippen molar-refractivity contribution >= 4 is 28.6 Å². The summed E-state index contributed by atoms with van der Waals surface area (Å²) >= 11 is 6.34. The second kappa shape index (κ2) is 7.29. The summed E-state index contributed by atoms with van der Waals surface area (Å²) in [5.41, 5.74) is 2.10. The number of rotatable bonds is 4. The van der Waals surface area contributed by atoms with Crippen LogP contribution in [-0.4, -0.2) is 49.3 Å². The molecule has 1 atom stereocenters. The lowest BCUT2D eigenvalue weighted by atomic mass is 9.95. The molecule has 0 radical (unpaired) electrons. The van der Waals surface area contributed by atoms with E-state index in [1.807, 2.05) is 24.3 Å². The highest BCUT2D eigenvalue weighted by Gasteiger charge is 2.30. The molecular formula is C20H25ClN6O. The molecule has 4 rings (SSSR count). The van der Waals surface area contributed by atoms with E-state index in [0.717, 1.165) is 36.6 Å². The molecule has 1 aliphatic rings. The number of nitrogens with zero attached hydrogens (tertiary/aromatic N) is 6. The standard InChI is InChI=1S/C20H25ClN6O/c1-20(2,3)19-22-17(26-10-6-8-14(26)12-28)16-18(23-19)27(25-24-16)11-13-7-4-5-9-15(13)21/h4-5,7,9,14,28H,6,8,10-12H2,1-3H3/t14-/m1/s1. The molecule has 3 aromatic rings. The second-order valence-electron chi connectivity index (χ2n) is 8.30. The highest BCUT2D eigenvalue weighted by Crippen LogP contribution is 2.31. The van der Waals surface area contributed by atoms with Crippen LogP contribution < -0.4 is 4.90 Å². The molecule has 2 aromatic heterocycles. The summed E-state index contributed by atoms with van der Waals surface area (Å²) in [6.07, 6.45) is 1.97. The third-order valence-electron chi connectivity index (χ3n) is 5.15. The first-order chi connectivity index (χ1) is 13.4. The predicted octanol–water partition coefficient (Wildman–Crippen LogP) is 3.18. The minimum absolute atomic E-state index is 0.0552. The Morgan fingerprint density at radius 1 is 1.21 bits per heavy atom. The molecule has 148 valence electrons. The fraction of sp³-hybridized carbons (Fsp3) is 0.500. The van der Waals surface area contributed by atoms with Crippen molar-refractivity contribution in [3.05, 3.63) is 40.7 Å². The number of aliphatic hydroxyl groups excluding tert-OH is 1. The summed E-state index contributed by atoms with van der Waals surface area (Å²) in [6.45, 7) is 7.71. The van der Waals surface area contributed by atoms with Gasteiger partial charge in [-0.3, -0.25) is 0 Å². The smallest absolute Gasteiger partial charge is 0.184 e. The Balaban J connectivity index is 1.86. The fourth-order valence-corrected chi connectivity index (χ4v) is 3.77. The monoisotopic (exact) mass is 400 g/mol. The van der Waals surface area contributed by atoms with Gasteiger partial charge in [-0.2, -0.15) is 0 Å². The zero-order valence-corrected chi connectivity index (χ0v) is 17.2. The van der Waals surface area contributed by atoms with Crippen molar-refractivity contribution in [3.8, 4) is 0 Å². The topological polar surface area (TPSA) is 80.0 Å². The molecule has 1 aliphatic heterocycles. The highest BCUT2D eigenvalue weighted by atomic mass is 35.5. The van der Waals surface area contributed by atoms with Crippen molar-refractivity contribution in [2.24, 2.45) is 0 Å². The average Bonchev–Trinajstić information content (AvgIpc) is 3.29. The lowest BCUT2D eigenvalue weighted by Crippen LogP contribution is -2.34. The van der Waals surface area contributed by atoms with Gasteiger partial charge in [0.15, 0.2) is 17.0 Å². The largest absolute Gasteiger partial charge is 0.394 e. The van der Waals surface area contributed by atoms with Gasteiger partial charge >= 0.3 is 0 Å². The summed E-state index contributed by atoms with van der Waals surface area (Å²) in [7, 11) is 0. The number of aliphatic hydroxyl groups is 1. The van der Waals surface area contributed by atoms with Crippen molar-refractivity contribution < 1.29 is 5.11 Å². The van der Waals surface area contributed by atoms with Crippen LogP contribution >= 0.6 is 11.6 Å². The number of halogens is 1. The van der Waals surface area contributed by atoms with Gasteiger partial charge in [0.2, 0.25) is 0 Å². The van der Waals surface area contributed by atoms with Gasteiger partial charge in [-0.15, -0.1) is 5.10 Å². The molecule has 8 heteroatoms. The minimum Gasteiger partial charge on any atom is -0.394 e. The van der Waals surface area contributed by atoms with Gasteiger partial charge in [0, 0.05) is 17.0 Å². The molecule has 1 fully saturated rings. The van der Waals surface area contributed by atoms with Crippen LogP contribution in [0.5, 0.6) is 0 Å². The molecule has 7 nitrogen and oxygen atoms in total. The SMILES string of the molecule is CC(C)(C)c1nc(N2CCC[C@@H]2CO)c2nnn(Cc3ccccc3Cl)c2n1. The molecule has 1 N–H and O–H groups in total. The van der Waals surface area contributed by atoms with E-state index in [4.69, 9.17) is 21.6 Å². The summed E-state index contributed by atoms with van der Waals surface area (Å²) < 4.78 is 1.78. The molecule has 0 saturated carbocycles. The Kier molecular flexibility index (Phi) is 4.97. The van der Waals surface area contributed by atoms with Gasteiger partial charge < -0.3 is 10.0 Å². The van der Waals surface area contributed by atoms with Gasteiger partial charge in [0.05, 0.1) is 19.2 Å². The molecular weight excluding hydrogens is 376 g/mol. The van der Waals surface area contributed by atoms with E-state index in [1.165, 1.54) is 0 Å². The number of hydrogen-bond acceptors (Lipinski definition) is 6. The average molecular weight is 401 g/mol. The van der Waals surface area contributed by atoms with Crippen LogP contribution in [0.4, 0.5) is 5.82 Å². The maximum absolute atomic E-state index is 9.79. The molecule has 0 unspecified atom stereocenters. The summed E-state index contributed by atoms with van der Waals surface area (Å²) in [5.74, 6) is 1.50. The van der Waals surface area contributed by atoms with Crippen LogP contribution in [0, 0.1) is 0 Å². The molecule has 1 aromatic carbocycles. The van der Waals surface area contributed by atoms with E-state index in [0.29, 0.717) is 22.7 Å². The van der Waals surface area contributed by atoms with Crippen LogP contribution in [0.25, 0.3) is 11.2 Å². The number of hydrogen-bond donors (Lipinski definition) is 1. The van der Waals surface area contributed by atoms with Crippen LogP contribution in [0.3, 0.4) is 0 Å². The molecule has 0 spiro atoms. The van der Waals surface area contributed by atoms with Gasteiger partial charge in [0.1, 0.15) is 5.82 Å². The summed E-state index contributed by atoms with van der Waals surface area (Å²) in [5, 5.41) is 19.2. The Morgan fingerprint density at radius 3 is 2.71 bits per heavy atom. The third kappa shape index (κ3) is 3.44. The lowest BCUT2D eigenvalue weighted by Gasteiger charge is -2.26. The van der Waals surface area contributed by atoms with Crippen molar-refractivity contribution in [3.63, 3.8) is 0 Å². The quantitative estimate of drug-likeness (QED) is 0.724. The third-order valence-corrected chi connectivity index (χ3v) is 5.52. The molecule has 3 heterocycles. The molecule has 0 aliphatic carbocycles. The normalized spacial score (nSPS) is 17.6. The molecule has 28 heavy (non-hydrogen) atoms. The van der Waals surface area contributed by atoms with E-state index in [2.05, 4.69) is 36.0 Å². The highest BCUT2D eigenvalue weighted by molar-refractivity contribution is 6.31. The Labute approximate surface area is 169 Å². The summed E-state index contributed by atoms with van der Waals surface area (Å²) in [6, 6.07) is 7.76. The Hall–Kier alpha value is -2.25. The van der Waals surface area contributed by atoms with E-state index >= 15 is 0 Å². The number of fused-ring (bicyclic) bond motifs is 1. The lowest BCUT2D eigenvalue weighted by molar-refractivity contribution is 0.266. The maximum Gasteiger partial charge on any atom is 0.184 e. The van der Waals surface area contributed by atoms with Gasteiger partial charge in [-0.1, -0.05) is 55.8 Å². The molecule has 0 bridgehead atoms. The van der Waals surface area contributed by atoms with E-state index in [1.54, 1.807) is 4.68 Å². The van der Waals surface area contributed by atoms with Crippen LogP contribution in [0.1, 0.15) is 45.0 Å². The van der Waals surface area contributed by atoms with Gasteiger partial charge in [-0.05, 0) is 24.5 Å². The number of benzene rings is 1. The van der Waals surface area contributed by atoms with E-state index in [9.17, 15) is 5.11 Å². The van der Waals surface area contributed by atoms with Crippen LogP contribution in [0.15, 0.2) is 24.3 Å². The molecule has 0 amide bonds. The fourth-order valence-electron chi connectivity index (χ4n) is 3.58. The second-order valence-corrected chi connectivity index (χ2v) is 8.71. The Bertz CT molecular complexity index is 996. The van der Waals surface area contributed by atoms with Gasteiger partial charge in [-0.25, -0.2) is 14.6 Å². The van der Waals surface area contributed by atoms with Crippen molar-refractivity contribution in [2.75, 3.05) is 18.1 Å². The minimum atomic E-state index is -0.225. The van der Waals surface area contributed by atoms with E-state index < -0.39 is 0 Å². The summed E-state index contributed by atoms with van der Waals surface area (Å²) in [4.78, 5) is 11.8. The van der Waals surface area contributed by atoms with Crippen molar-refractivity contribution in [1.82, 2.24) is 25.0 Å². The maximum atomic E-state index is 9.79. The number of aromatic nitrogens is 5. The molecule has 1 saturated heterocycles. The van der Waals surface area contributed by atoms with E-state index in [-0.39, 0.29) is 18.1 Å². The zero-order valence-electron chi connectivity index (χ0n) is 16.4. The first-order valence-corrected chi connectivity index (χ1v) is 9.99. The predicted molar refractivity (Wildman–Crippen MR) is 110 cm³/mol. The Morgan fingerprint density at radius 2 is 2.00 bits per heavy atom. The van der Waals surface area contributed by atoms with Crippen molar-refractivity contribution in [1.29, 1.82) is 0 Å². The number of anilines is 1. The van der Waals surface area contributed by atoms with Crippen molar-refractivity contribution in [2.45, 2.75) is 51.6 Å².